The zero-order valence-corrected chi connectivity index (χ0v) is 14.0. The quantitative estimate of drug-likeness (QED) is 0.357. The highest BCUT2D eigenvalue weighted by atomic mass is 16.6. The Hall–Kier alpha value is -3.48. The van der Waals surface area contributed by atoms with E-state index in [4.69, 9.17) is 4.74 Å². The van der Waals surface area contributed by atoms with Crippen molar-refractivity contribution >= 4 is 23.3 Å². The van der Waals surface area contributed by atoms with Crippen molar-refractivity contribution in [3.05, 3.63) is 81.4 Å². The molecule has 0 saturated carbocycles. The number of carbonyl (C=O) groups excluding carboxylic acids is 2. The molecule has 7 nitrogen and oxygen atoms in total. The minimum Gasteiger partial charge on any atom is -0.463 e. The lowest BCUT2D eigenvalue weighted by molar-refractivity contribution is -0.384. The molecule has 1 aliphatic heterocycles. The van der Waals surface area contributed by atoms with Gasteiger partial charge in [-0.15, -0.1) is 0 Å². The number of carbonyl (C=O) groups is 2. The van der Waals surface area contributed by atoms with E-state index in [1.165, 1.54) is 23.1 Å². The van der Waals surface area contributed by atoms with Gasteiger partial charge in [-0.1, -0.05) is 30.3 Å². The fourth-order valence-corrected chi connectivity index (χ4v) is 2.81. The normalized spacial score (nSPS) is 14.4. The van der Waals surface area contributed by atoms with Crippen LogP contribution >= 0.6 is 0 Å². The van der Waals surface area contributed by atoms with E-state index in [0.717, 1.165) is 0 Å². The van der Waals surface area contributed by atoms with Gasteiger partial charge in [0.25, 0.3) is 11.6 Å². The maximum Gasteiger partial charge on any atom is 0.332 e. The highest BCUT2D eigenvalue weighted by Crippen LogP contribution is 2.34. The third-order valence-electron chi connectivity index (χ3n) is 4.00. The van der Waals surface area contributed by atoms with Gasteiger partial charge >= 0.3 is 5.97 Å². The van der Waals surface area contributed by atoms with Crippen LogP contribution in [0.5, 0.6) is 0 Å². The number of hydrogen-bond donors (Lipinski definition) is 0. The van der Waals surface area contributed by atoms with E-state index in [1.807, 2.05) is 0 Å². The standard InChI is InChI=1S/C19H16N2O5/c1-2-26-18(22)11-17-15-5-3-4-6-16(15)19(23)20(17)12-13-7-9-14(10-8-13)21(24)25/h3-11H,2,12H2,1H3/b17-11+. The molecule has 132 valence electrons. The van der Waals surface area contributed by atoms with Crippen molar-refractivity contribution in [2.45, 2.75) is 13.5 Å². The molecule has 1 amide bonds. The minimum atomic E-state index is -0.527. The highest BCUT2D eigenvalue weighted by molar-refractivity contribution is 6.11. The molecule has 0 unspecified atom stereocenters. The van der Waals surface area contributed by atoms with E-state index in [0.29, 0.717) is 22.4 Å². The van der Waals surface area contributed by atoms with Gasteiger partial charge in [-0.25, -0.2) is 4.79 Å². The molecular weight excluding hydrogens is 336 g/mol. The van der Waals surface area contributed by atoms with E-state index >= 15 is 0 Å². The number of ether oxygens (including phenoxy) is 1. The summed E-state index contributed by atoms with van der Waals surface area (Å²) >= 11 is 0. The molecule has 3 rings (SSSR count). The molecule has 0 saturated heterocycles. The Labute approximate surface area is 149 Å². The Morgan fingerprint density at radius 3 is 2.42 bits per heavy atom. The summed E-state index contributed by atoms with van der Waals surface area (Å²) in [5.41, 5.74) is 2.32. The van der Waals surface area contributed by atoms with Gasteiger partial charge in [-0.05, 0) is 18.6 Å². The lowest BCUT2D eigenvalue weighted by atomic mass is 10.1. The number of nitro groups is 1. The summed E-state index contributed by atoms with van der Waals surface area (Å²) in [4.78, 5) is 36.4. The van der Waals surface area contributed by atoms with Crippen molar-refractivity contribution in [2.75, 3.05) is 6.61 Å². The Kier molecular flexibility index (Phi) is 4.79. The van der Waals surface area contributed by atoms with Crippen molar-refractivity contribution in [3.8, 4) is 0 Å². The minimum absolute atomic E-state index is 0.0212. The van der Waals surface area contributed by atoms with Gasteiger partial charge in [0.1, 0.15) is 0 Å². The Bertz CT molecular complexity index is 902. The van der Waals surface area contributed by atoms with Crippen LogP contribution in [0.4, 0.5) is 5.69 Å². The first-order valence-corrected chi connectivity index (χ1v) is 8.04. The Morgan fingerprint density at radius 2 is 1.81 bits per heavy atom. The van der Waals surface area contributed by atoms with Crippen LogP contribution in [0.2, 0.25) is 0 Å². The molecule has 0 bridgehead atoms. The number of esters is 1. The summed E-state index contributed by atoms with van der Waals surface area (Å²) in [5, 5.41) is 10.8. The van der Waals surface area contributed by atoms with E-state index in [2.05, 4.69) is 0 Å². The number of hydrogen-bond acceptors (Lipinski definition) is 5. The molecule has 2 aromatic rings. The first kappa shape index (κ1) is 17.3. The molecule has 0 atom stereocenters. The molecule has 0 N–H and O–H groups in total. The number of benzene rings is 2. The van der Waals surface area contributed by atoms with Crippen LogP contribution in [0.3, 0.4) is 0 Å². The van der Waals surface area contributed by atoms with E-state index < -0.39 is 10.9 Å². The van der Waals surface area contributed by atoms with Gasteiger partial charge in [0.05, 0.1) is 23.8 Å². The van der Waals surface area contributed by atoms with E-state index in [9.17, 15) is 19.7 Å². The maximum absolute atomic E-state index is 12.8. The average molecular weight is 352 g/mol. The summed E-state index contributed by atoms with van der Waals surface area (Å²) in [5.74, 6) is -0.754. The van der Waals surface area contributed by atoms with Crippen molar-refractivity contribution in [1.82, 2.24) is 4.90 Å². The number of rotatable bonds is 5. The second kappa shape index (κ2) is 7.18. The SMILES string of the molecule is CCOC(=O)/C=C1\c2ccccc2C(=O)N1Cc1ccc([N+](=O)[O-])cc1. The smallest absolute Gasteiger partial charge is 0.332 e. The van der Waals surface area contributed by atoms with E-state index in [-0.39, 0.29) is 24.7 Å². The first-order valence-electron chi connectivity index (χ1n) is 8.04. The van der Waals surface area contributed by atoms with Crippen LogP contribution in [0.1, 0.15) is 28.4 Å². The molecule has 0 fully saturated rings. The third kappa shape index (κ3) is 3.32. The van der Waals surface area contributed by atoms with Gasteiger partial charge in [0.2, 0.25) is 0 Å². The van der Waals surface area contributed by atoms with Gasteiger partial charge in [-0.3, -0.25) is 14.9 Å². The molecule has 0 aromatic heterocycles. The van der Waals surface area contributed by atoms with Crippen LogP contribution in [0, 0.1) is 10.1 Å². The van der Waals surface area contributed by atoms with Crippen molar-refractivity contribution in [2.24, 2.45) is 0 Å². The van der Waals surface area contributed by atoms with Crippen molar-refractivity contribution in [3.63, 3.8) is 0 Å². The van der Waals surface area contributed by atoms with Crippen LogP contribution in [-0.2, 0) is 16.1 Å². The van der Waals surface area contributed by atoms with Crippen molar-refractivity contribution < 1.29 is 19.2 Å². The van der Waals surface area contributed by atoms with Crippen molar-refractivity contribution in [1.29, 1.82) is 0 Å². The molecule has 7 heteroatoms. The summed E-state index contributed by atoms with van der Waals surface area (Å²) < 4.78 is 4.97. The van der Waals surface area contributed by atoms with Crippen LogP contribution in [0.15, 0.2) is 54.6 Å². The topological polar surface area (TPSA) is 89.8 Å². The fraction of sp³-hybridized carbons (Fsp3) is 0.158. The fourth-order valence-electron chi connectivity index (χ4n) is 2.81. The molecule has 0 spiro atoms. The zero-order chi connectivity index (χ0) is 18.7. The molecule has 0 aliphatic carbocycles. The van der Waals surface area contributed by atoms with Crippen LogP contribution in [0.25, 0.3) is 5.70 Å². The van der Waals surface area contributed by atoms with E-state index in [1.54, 1.807) is 43.3 Å². The lowest BCUT2D eigenvalue weighted by Crippen LogP contribution is -2.23. The monoisotopic (exact) mass is 352 g/mol. The molecule has 1 aliphatic rings. The molecule has 1 heterocycles. The number of nitrogens with zero attached hydrogens (tertiary/aromatic N) is 2. The van der Waals surface area contributed by atoms with Gasteiger partial charge in [0, 0.05) is 29.3 Å². The third-order valence-corrected chi connectivity index (χ3v) is 4.00. The summed E-state index contributed by atoms with van der Waals surface area (Å²) in [6.07, 6.45) is 1.30. The van der Waals surface area contributed by atoms with Crippen LogP contribution in [-0.4, -0.2) is 28.3 Å². The predicted molar refractivity (Wildman–Crippen MR) is 94.0 cm³/mol. The Morgan fingerprint density at radius 1 is 1.15 bits per heavy atom. The molecule has 26 heavy (non-hydrogen) atoms. The van der Waals surface area contributed by atoms with Gasteiger partial charge in [0.15, 0.2) is 0 Å². The molecule has 2 aromatic carbocycles. The summed E-state index contributed by atoms with van der Waals surface area (Å²) in [6, 6.07) is 13.0. The number of nitro benzene ring substituents is 1. The summed E-state index contributed by atoms with van der Waals surface area (Å²) in [7, 11) is 0. The highest BCUT2D eigenvalue weighted by Gasteiger charge is 2.32. The Balaban J connectivity index is 1.94. The first-order chi connectivity index (χ1) is 12.5. The van der Waals surface area contributed by atoms with Crippen LogP contribution < -0.4 is 0 Å². The number of amides is 1. The van der Waals surface area contributed by atoms with Gasteiger partial charge < -0.3 is 9.64 Å². The summed E-state index contributed by atoms with van der Waals surface area (Å²) in [6.45, 7) is 2.14. The molecule has 0 radical (unpaired) electrons. The van der Waals surface area contributed by atoms with Gasteiger partial charge in [-0.2, -0.15) is 0 Å². The number of fused-ring (bicyclic) bond motifs is 1. The number of non-ortho nitro benzene ring substituents is 1. The zero-order valence-electron chi connectivity index (χ0n) is 14.0. The predicted octanol–water partition coefficient (Wildman–Crippen LogP) is 3.15. The lowest BCUT2D eigenvalue weighted by Gasteiger charge is -2.18. The largest absolute Gasteiger partial charge is 0.463 e. The second-order valence-corrected chi connectivity index (χ2v) is 5.64. The second-order valence-electron chi connectivity index (χ2n) is 5.64. The maximum atomic E-state index is 12.8. The molecular formula is C19H16N2O5. The average Bonchev–Trinajstić information content (AvgIpc) is 2.88.